The van der Waals surface area contributed by atoms with Gasteiger partial charge in [0, 0.05) is 24.5 Å². The van der Waals surface area contributed by atoms with E-state index < -0.39 is 0 Å². The number of nitrogens with zero attached hydrogens (tertiary/aromatic N) is 2. The number of thioether (sulfide) groups is 1. The number of hydrogen-bond acceptors (Lipinski definition) is 5. The molecular weight excluding hydrogens is 434 g/mol. The number of rotatable bonds is 8. The van der Waals surface area contributed by atoms with Crippen molar-refractivity contribution in [3.05, 3.63) is 69.0 Å². The molecule has 1 fully saturated rings. The van der Waals surface area contributed by atoms with Crippen molar-refractivity contribution in [2.24, 2.45) is 0 Å². The Morgan fingerprint density at radius 1 is 1.24 bits per heavy atom. The molecule has 33 heavy (non-hydrogen) atoms. The Bertz CT molecular complexity index is 1220. The van der Waals surface area contributed by atoms with Gasteiger partial charge in [0.25, 0.3) is 11.5 Å². The number of aromatic nitrogens is 2. The molecule has 1 atom stereocenters. The van der Waals surface area contributed by atoms with E-state index in [4.69, 9.17) is 9.72 Å². The highest BCUT2D eigenvalue weighted by Gasteiger charge is 2.21. The predicted octanol–water partition coefficient (Wildman–Crippen LogP) is 4.62. The van der Waals surface area contributed by atoms with Crippen LogP contribution in [0.1, 0.15) is 53.2 Å². The van der Waals surface area contributed by atoms with Gasteiger partial charge >= 0.3 is 0 Å². The third kappa shape index (κ3) is 5.47. The lowest BCUT2D eigenvalue weighted by Gasteiger charge is -2.17. The Morgan fingerprint density at radius 2 is 2.09 bits per heavy atom. The van der Waals surface area contributed by atoms with Gasteiger partial charge in [0.1, 0.15) is 0 Å². The molecular formula is C26H31N3O3S. The van der Waals surface area contributed by atoms with Gasteiger partial charge in [0.05, 0.1) is 23.6 Å². The summed E-state index contributed by atoms with van der Waals surface area (Å²) < 4.78 is 7.57. The van der Waals surface area contributed by atoms with Gasteiger partial charge in [-0.1, -0.05) is 42.4 Å². The van der Waals surface area contributed by atoms with E-state index >= 15 is 0 Å². The molecule has 1 saturated heterocycles. The van der Waals surface area contributed by atoms with Crippen LogP contribution in [-0.2, 0) is 17.0 Å². The van der Waals surface area contributed by atoms with E-state index in [2.05, 4.69) is 37.4 Å². The molecule has 0 aliphatic carbocycles. The minimum Gasteiger partial charge on any atom is -0.376 e. The van der Waals surface area contributed by atoms with Gasteiger partial charge in [-0.3, -0.25) is 14.2 Å². The molecule has 0 spiro atoms. The number of aryl methyl sites for hydroxylation is 2. The zero-order valence-corrected chi connectivity index (χ0v) is 20.3. The van der Waals surface area contributed by atoms with Crippen molar-refractivity contribution in [1.82, 2.24) is 14.9 Å². The van der Waals surface area contributed by atoms with Crippen LogP contribution in [0.3, 0.4) is 0 Å². The van der Waals surface area contributed by atoms with Crippen molar-refractivity contribution in [3.8, 4) is 0 Å². The molecule has 2 heterocycles. The number of benzene rings is 2. The molecule has 3 aromatic rings. The molecule has 1 aliphatic rings. The van der Waals surface area contributed by atoms with Crippen molar-refractivity contribution in [3.63, 3.8) is 0 Å². The molecule has 7 heteroatoms. The molecule has 0 saturated carbocycles. The monoisotopic (exact) mass is 465 g/mol. The van der Waals surface area contributed by atoms with Crippen LogP contribution in [-0.4, -0.2) is 34.7 Å². The Kier molecular flexibility index (Phi) is 7.50. The summed E-state index contributed by atoms with van der Waals surface area (Å²) in [4.78, 5) is 30.8. The lowest BCUT2D eigenvalue weighted by molar-refractivity contribution is 0.0937. The number of ether oxygens (including phenoxy) is 1. The van der Waals surface area contributed by atoms with E-state index in [9.17, 15) is 9.59 Å². The lowest BCUT2D eigenvalue weighted by atomic mass is 10.1. The smallest absolute Gasteiger partial charge is 0.262 e. The van der Waals surface area contributed by atoms with Crippen LogP contribution in [0.15, 0.2) is 46.3 Å². The van der Waals surface area contributed by atoms with Crippen molar-refractivity contribution in [1.29, 1.82) is 0 Å². The number of hydrogen-bond donors (Lipinski definition) is 1. The van der Waals surface area contributed by atoms with E-state index in [0.29, 0.717) is 40.5 Å². The lowest BCUT2D eigenvalue weighted by Crippen LogP contribution is -2.29. The van der Waals surface area contributed by atoms with Crippen molar-refractivity contribution in [2.45, 2.75) is 63.6 Å². The molecule has 1 amide bonds. The molecule has 4 rings (SSSR count). The zero-order valence-electron chi connectivity index (χ0n) is 19.5. The molecule has 0 bridgehead atoms. The van der Waals surface area contributed by atoms with E-state index in [1.54, 1.807) is 34.5 Å². The molecule has 174 valence electrons. The Morgan fingerprint density at radius 3 is 2.85 bits per heavy atom. The summed E-state index contributed by atoms with van der Waals surface area (Å²) in [7, 11) is 0. The van der Waals surface area contributed by atoms with Crippen LogP contribution < -0.4 is 10.9 Å². The average Bonchev–Trinajstić information content (AvgIpc) is 3.33. The molecule has 1 aromatic heterocycles. The number of amides is 1. The largest absolute Gasteiger partial charge is 0.376 e. The second kappa shape index (κ2) is 10.5. The Labute approximate surface area is 198 Å². The Balaban J connectivity index is 1.72. The molecule has 0 radical (unpaired) electrons. The predicted molar refractivity (Wildman–Crippen MR) is 133 cm³/mol. The quantitative estimate of drug-likeness (QED) is 0.388. The average molecular weight is 466 g/mol. The highest BCUT2D eigenvalue weighted by molar-refractivity contribution is 7.98. The fourth-order valence-corrected chi connectivity index (χ4v) is 5.12. The summed E-state index contributed by atoms with van der Waals surface area (Å²) in [6, 6.07) is 11.6. The standard InChI is InChI=1S/C26H31N3O3S/c1-4-11-27-24(30)19-9-10-22-23(14-19)28-26(29(25(22)31)15-21-6-5-12-32-21)33-16-20-13-17(2)7-8-18(20)3/h7-10,13-14,21H,4-6,11-12,15-16H2,1-3H3,(H,27,30). The van der Waals surface area contributed by atoms with Gasteiger partial charge in [-0.2, -0.15) is 0 Å². The number of carbonyl (C=O) groups is 1. The first kappa shape index (κ1) is 23.5. The third-order valence-electron chi connectivity index (χ3n) is 5.99. The summed E-state index contributed by atoms with van der Waals surface area (Å²) in [5, 5.41) is 4.07. The maximum Gasteiger partial charge on any atom is 0.262 e. The molecule has 1 unspecified atom stereocenters. The van der Waals surface area contributed by atoms with E-state index in [1.165, 1.54) is 16.7 Å². The van der Waals surface area contributed by atoms with Gasteiger partial charge in [0.15, 0.2) is 5.16 Å². The third-order valence-corrected chi connectivity index (χ3v) is 7.01. The molecule has 1 N–H and O–H groups in total. The van der Waals surface area contributed by atoms with Gasteiger partial charge < -0.3 is 10.1 Å². The highest BCUT2D eigenvalue weighted by Crippen LogP contribution is 2.26. The van der Waals surface area contributed by atoms with Crippen molar-refractivity contribution in [2.75, 3.05) is 13.2 Å². The normalized spacial score (nSPS) is 15.8. The first-order valence-corrected chi connectivity index (χ1v) is 12.6. The minimum atomic E-state index is -0.145. The first-order chi connectivity index (χ1) is 16.0. The van der Waals surface area contributed by atoms with Crippen LogP contribution in [0, 0.1) is 13.8 Å². The number of fused-ring (bicyclic) bond motifs is 1. The van der Waals surface area contributed by atoms with E-state index in [1.807, 2.05) is 6.92 Å². The summed E-state index contributed by atoms with van der Waals surface area (Å²) in [5.41, 5.74) is 4.64. The fraction of sp³-hybridized carbons (Fsp3) is 0.423. The second-order valence-corrected chi connectivity index (χ2v) is 9.59. The summed E-state index contributed by atoms with van der Waals surface area (Å²) in [5.74, 6) is 0.571. The number of carbonyl (C=O) groups excluding carboxylic acids is 1. The van der Waals surface area contributed by atoms with Crippen LogP contribution in [0.4, 0.5) is 0 Å². The summed E-state index contributed by atoms with van der Waals surface area (Å²) >= 11 is 1.56. The van der Waals surface area contributed by atoms with Crippen LogP contribution in [0.25, 0.3) is 10.9 Å². The molecule has 2 aromatic carbocycles. The van der Waals surface area contributed by atoms with E-state index in [-0.39, 0.29) is 17.6 Å². The summed E-state index contributed by atoms with van der Waals surface area (Å²) in [6.45, 7) is 8.05. The zero-order chi connectivity index (χ0) is 23.4. The first-order valence-electron chi connectivity index (χ1n) is 11.6. The number of nitrogens with one attached hydrogen (secondary N) is 1. The maximum absolute atomic E-state index is 13.5. The SMILES string of the molecule is CCCNC(=O)c1ccc2c(=O)n(CC3CCCO3)c(SCc3cc(C)ccc3C)nc2c1. The van der Waals surface area contributed by atoms with Crippen molar-refractivity contribution < 1.29 is 9.53 Å². The van der Waals surface area contributed by atoms with Crippen molar-refractivity contribution >= 4 is 28.6 Å². The van der Waals surface area contributed by atoms with Gasteiger partial charge in [-0.15, -0.1) is 0 Å². The fourth-order valence-electron chi connectivity index (χ4n) is 4.04. The van der Waals surface area contributed by atoms with Gasteiger partial charge in [0.2, 0.25) is 0 Å². The molecule has 6 nitrogen and oxygen atoms in total. The molecule has 1 aliphatic heterocycles. The van der Waals surface area contributed by atoms with Gasteiger partial charge in [-0.25, -0.2) is 4.98 Å². The minimum absolute atomic E-state index is 0.0288. The highest BCUT2D eigenvalue weighted by atomic mass is 32.2. The summed E-state index contributed by atoms with van der Waals surface area (Å²) in [6.07, 6.45) is 2.86. The topological polar surface area (TPSA) is 73.2 Å². The van der Waals surface area contributed by atoms with Gasteiger partial charge in [-0.05, 0) is 62.4 Å². The van der Waals surface area contributed by atoms with E-state index in [0.717, 1.165) is 25.9 Å². The second-order valence-electron chi connectivity index (χ2n) is 8.65. The Hall–Kier alpha value is -2.64. The maximum atomic E-state index is 13.5. The van der Waals surface area contributed by atoms with Crippen LogP contribution in [0.5, 0.6) is 0 Å². The van der Waals surface area contributed by atoms with Crippen LogP contribution >= 0.6 is 11.8 Å². The van der Waals surface area contributed by atoms with Crippen LogP contribution in [0.2, 0.25) is 0 Å².